The highest BCUT2D eigenvalue weighted by Gasteiger charge is 2.13. The fraction of sp³-hybridized carbons (Fsp3) is 0.474. The van der Waals surface area contributed by atoms with E-state index in [0.29, 0.717) is 12.3 Å². The first kappa shape index (κ1) is 18.3. The molecule has 1 aliphatic rings. The Morgan fingerprint density at radius 1 is 1.35 bits per heavy atom. The first-order chi connectivity index (χ1) is 11.0. The fourth-order valence-corrected chi connectivity index (χ4v) is 4.10. The van der Waals surface area contributed by atoms with Gasteiger partial charge in [-0.1, -0.05) is 43.6 Å². The van der Waals surface area contributed by atoms with Crippen molar-refractivity contribution < 1.29 is 4.79 Å². The highest BCUT2D eigenvalue weighted by molar-refractivity contribution is 8.13. The molecule has 0 aliphatic carbocycles. The van der Waals surface area contributed by atoms with Gasteiger partial charge in [0.05, 0.1) is 5.04 Å². The Morgan fingerprint density at radius 3 is 2.87 bits per heavy atom. The van der Waals surface area contributed by atoms with Crippen LogP contribution in [-0.2, 0) is 10.5 Å². The lowest BCUT2D eigenvalue weighted by atomic mass is 9.97. The average molecular weight is 350 g/mol. The smallest absolute Gasteiger partial charge is 0.157 e. The van der Waals surface area contributed by atoms with Gasteiger partial charge < -0.3 is 0 Å². The summed E-state index contributed by atoms with van der Waals surface area (Å²) in [6.07, 6.45) is 5.08. The molecule has 0 amide bonds. The van der Waals surface area contributed by atoms with Crippen LogP contribution in [0.5, 0.6) is 0 Å². The molecule has 2 nitrogen and oxygen atoms in total. The highest BCUT2D eigenvalue weighted by Crippen LogP contribution is 2.32. The predicted octanol–water partition coefficient (Wildman–Crippen LogP) is 6.14. The van der Waals surface area contributed by atoms with Crippen molar-refractivity contribution in [1.29, 1.82) is 0 Å². The van der Waals surface area contributed by atoms with Crippen molar-refractivity contribution in [2.75, 3.05) is 0 Å². The fourth-order valence-electron chi connectivity index (χ4n) is 2.58. The van der Waals surface area contributed by atoms with Gasteiger partial charge in [-0.3, -0.25) is 9.79 Å². The molecular formula is C19H24ClNOS. The summed E-state index contributed by atoms with van der Waals surface area (Å²) in [5.74, 6) is 1.48. The quantitative estimate of drug-likeness (QED) is 0.653. The SMILES string of the molecule is CCC(C)c1cccc(CSC2=N/C(C)=C\C(=O)CCC2)c1Cl. The molecule has 23 heavy (non-hydrogen) atoms. The normalized spacial score (nSPS) is 19.4. The zero-order valence-corrected chi connectivity index (χ0v) is 15.6. The summed E-state index contributed by atoms with van der Waals surface area (Å²) in [4.78, 5) is 16.1. The van der Waals surface area contributed by atoms with E-state index in [-0.39, 0.29) is 5.78 Å². The van der Waals surface area contributed by atoms with Crippen LogP contribution < -0.4 is 0 Å². The van der Waals surface area contributed by atoms with Gasteiger partial charge >= 0.3 is 0 Å². The van der Waals surface area contributed by atoms with Crippen molar-refractivity contribution in [3.63, 3.8) is 0 Å². The maximum Gasteiger partial charge on any atom is 0.157 e. The maximum absolute atomic E-state index is 11.5. The molecule has 124 valence electrons. The van der Waals surface area contributed by atoms with E-state index in [4.69, 9.17) is 11.6 Å². The molecule has 0 saturated heterocycles. The van der Waals surface area contributed by atoms with Gasteiger partial charge in [0.1, 0.15) is 0 Å². The number of ketones is 1. The second-order valence-corrected chi connectivity index (χ2v) is 7.46. The molecule has 1 unspecified atom stereocenters. The Labute approximate surface area is 148 Å². The molecule has 0 bridgehead atoms. The van der Waals surface area contributed by atoms with Crippen molar-refractivity contribution in [2.24, 2.45) is 4.99 Å². The summed E-state index contributed by atoms with van der Waals surface area (Å²) >= 11 is 8.33. The zero-order valence-electron chi connectivity index (χ0n) is 14.1. The number of hydrogen-bond acceptors (Lipinski definition) is 3. The Kier molecular flexibility index (Phi) is 6.91. The van der Waals surface area contributed by atoms with Crippen LogP contribution in [0.15, 0.2) is 35.0 Å². The van der Waals surface area contributed by atoms with Gasteiger partial charge in [-0.25, -0.2) is 0 Å². The first-order valence-corrected chi connectivity index (χ1v) is 9.56. The molecule has 0 saturated carbocycles. The molecule has 1 atom stereocenters. The van der Waals surface area contributed by atoms with Gasteiger partial charge in [-0.05, 0) is 43.2 Å². The van der Waals surface area contributed by atoms with Crippen LogP contribution in [0.4, 0.5) is 0 Å². The van der Waals surface area contributed by atoms with Crippen LogP contribution in [-0.4, -0.2) is 10.8 Å². The van der Waals surface area contributed by atoms with Crippen LogP contribution in [0, 0.1) is 0 Å². The lowest BCUT2D eigenvalue weighted by molar-refractivity contribution is -0.114. The second kappa shape index (κ2) is 8.70. The van der Waals surface area contributed by atoms with E-state index in [9.17, 15) is 4.79 Å². The van der Waals surface area contributed by atoms with Gasteiger partial charge in [-0.15, -0.1) is 11.8 Å². The third kappa shape index (κ3) is 5.22. The van der Waals surface area contributed by atoms with Gasteiger partial charge in [-0.2, -0.15) is 0 Å². The number of benzene rings is 1. The minimum atomic E-state index is 0.180. The molecule has 1 aromatic carbocycles. The summed E-state index contributed by atoms with van der Waals surface area (Å²) < 4.78 is 0. The van der Waals surface area contributed by atoms with Crippen LogP contribution in [0.2, 0.25) is 5.02 Å². The van der Waals surface area contributed by atoms with Gasteiger partial charge in [0.25, 0.3) is 0 Å². The number of allylic oxidation sites excluding steroid dienone is 2. The van der Waals surface area contributed by atoms with E-state index in [1.807, 2.05) is 6.92 Å². The standard InChI is InChI=1S/C19H24ClNOS/c1-4-13(2)17-9-5-7-15(19(17)20)12-23-18-10-6-8-16(22)11-14(3)21-18/h5,7,9,11,13H,4,6,8,10,12H2,1-3H3/b14-11-,21-18?. The van der Waals surface area contributed by atoms with Gasteiger partial charge in [0.2, 0.25) is 0 Å². The number of aliphatic imine (C=N–C) groups is 1. The van der Waals surface area contributed by atoms with E-state index in [1.54, 1.807) is 17.8 Å². The molecule has 0 fully saturated rings. The van der Waals surface area contributed by atoms with Crippen LogP contribution in [0.1, 0.15) is 63.5 Å². The number of carbonyl (C=O) groups is 1. The van der Waals surface area contributed by atoms with Crippen LogP contribution in [0.25, 0.3) is 0 Å². The summed E-state index contributed by atoms with van der Waals surface area (Å²) in [5.41, 5.74) is 3.20. The number of rotatable bonds is 4. The van der Waals surface area contributed by atoms with Crippen molar-refractivity contribution in [1.82, 2.24) is 0 Å². The largest absolute Gasteiger partial charge is 0.295 e. The molecule has 1 heterocycles. The molecule has 0 spiro atoms. The molecule has 0 N–H and O–H groups in total. The minimum absolute atomic E-state index is 0.180. The van der Waals surface area contributed by atoms with Gasteiger partial charge in [0.15, 0.2) is 5.78 Å². The van der Waals surface area contributed by atoms with Gasteiger partial charge in [0, 0.05) is 29.0 Å². The van der Waals surface area contributed by atoms with E-state index in [2.05, 4.69) is 37.0 Å². The number of nitrogens with zero attached hydrogens (tertiary/aromatic N) is 1. The Balaban J connectivity index is 2.11. The van der Waals surface area contributed by atoms with Crippen LogP contribution >= 0.6 is 23.4 Å². The molecule has 1 aromatic rings. The number of hydrogen-bond donors (Lipinski definition) is 0. The molecule has 4 heteroatoms. The Hall–Kier alpha value is -1.06. The summed E-state index contributed by atoms with van der Waals surface area (Å²) in [5, 5.41) is 1.99. The number of carbonyl (C=O) groups excluding carboxylic acids is 1. The molecule has 0 aromatic heterocycles. The summed E-state index contributed by atoms with van der Waals surface area (Å²) in [7, 11) is 0. The molecule has 0 radical (unpaired) electrons. The minimum Gasteiger partial charge on any atom is -0.295 e. The Bertz CT molecular complexity index is 636. The topological polar surface area (TPSA) is 29.4 Å². The van der Waals surface area contributed by atoms with Crippen molar-refractivity contribution >= 4 is 34.2 Å². The van der Waals surface area contributed by atoms with Crippen molar-refractivity contribution in [3.05, 3.63) is 46.1 Å². The third-order valence-corrected chi connectivity index (χ3v) is 5.68. The molecular weight excluding hydrogens is 326 g/mol. The number of thioether (sulfide) groups is 1. The lowest BCUT2D eigenvalue weighted by Crippen LogP contribution is -2.03. The monoisotopic (exact) mass is 349 g/mol. The lowest BCUT2D eigenvalue weighted by Gasteiger charge is -2.15. The maximum atomic E-state index is 11.5. The number of halogens is 1. The summed E-state index contributed by atoms with van der Waals surface area (Å²) in [6.45, 7) is 6.28. The first-order valence-electron chi connectivity index (χ1n) is 8.20. The van der Waals surface area contributed by atoms with E-state index < -0.39 is 0 Å². The molecule has 2 rings (SSSR count). The van der Waals surface area contributed by atoms with E-state index >= 15 is 0 Å². The van der Waals surface area contributed by atoms with Crippen LogP contribution in [0.3, 0.4) is 0 Å². The molecule has 1 aliphatic heterocycles. The summed E-state index contributed by atoms with van der Waals surface area (Å²) in [6, 6.07) is 6.31. The highest BCUT2D eigenvalue weighted by atomic mass is 35.5. The van der Waals surface area contributed by atoms with Crippen molar-refractivity contribution in [3.8, 4) is 0 Å². The average Bonchev–Trinajstić information content (AvgIpc) is 2.51. The second-order valence-electron chi connectivity index (χ2n) is 6.03. The third-order valence-electron chi connectivity index (χ3n) is 4.13. The van der Waals surface area contributed by atoms with Crippen molar-refractivity contribution in [2.45, 2.75) is 58.1 Å². The Morgan fingerprint density at radius 2 is 2.13 bits per heavy atom. The zero-order chi connectivity index (χ0) is 16.8. The predicted molar refractivity (Wildman–Crippen MR) is 102 cm³/mol. The van der Waals surface area contributed by atoms with E-state index in [0.717, 1.165) is 46.3 Å². The van der Waals surface area contributed by atoms with E-state index in [1.165, 1.54) is 5.56 Å².